The first-order chi connectivity index (χ1) is 13.4. The molecule has 1 atom stereocenters. The van der Waals surface area contributed by atoms with Crippen LogP contribution < -0.4 is 15.2 Å². The molecule has 144 valence electrons. The molecule has 1 fully saturated rings. The zero-order chi connectivity index (χ0) is 19.8. The minimum absolute atomic E-state index is 0.0388. The molecule has 1 saturated heterocycles. The van der Waals surface area contributed by atoms with E-state index in [0.29, 0.717) is 17.3 Å². The molecular formula is C21H23ClN5O+. The van der Waals surface area contributed by atoms with Gasteiger partial charge in [-0.2, -0.15) is 0 Å². The number of hydrogen-bond acceptors (Lipinski definition) is 4. The van der Waals surface area contributed by atoms with Gasteiger partial charge in [-0.15, -0.1) is 0 Å². The molecule has 28 heavy (non-hydrogen) atoms. The minimum Gasteiger partial charge on any atom is -0.396 e. The number of aryl methyl sites for hydroxylation is 1. The number of ketones is 1. The molecule has 1 unspecified atom stereocenters. The molecule has 0 spiro atoms. The number of hydrogen-bond donors (Lipinski definition) is 1. The number of aliphatic imine (C=N–C) groups is 1. The van der Waals surface area contributed by atoms with Gasteiger partial charge in [-0.3, -0.25) is 4.79 Å². The Hall–Kier alpha value is -2.86. The Morgan fingerprint density at radius 2 is 2.04 bits per heavy atom. The lowest BCUT2D eigenvalue weighted by molar-refractivity contribution is -0.671. The molecule has 1 aliphatic heterocycles. The lowest BCUT2D eigenvalue weighted by atomic mass is 10.0. The summed E-state index contributed by atoms with van der Waals surface area (Å²) in [6, 6.07) is 8.56. The van der Waals surface area contributed by atoms with E-state index in [1.54, 1.807) is 13.0 Å². The Balaban J connectivity index is 1.50. The number of carbonyl (C=O) groups excluding carboxylic acids is 1. The second-order valence-corrected chi connectivity index (χ2v) is 7.69. The summed E-state index contributed by atoms with van der Waals surface area (Å²) >= 11 is 6.02. The van der Waals surface area contributed by atoms with E-state index in [2.05, 4.69) is 49.9 Å². The van der Waals surface area contributed by atoms with Crippen molar-refractivity contribution in [3.8, 4) is 0 Å². The standard InChI is InChI=1S/C21H22ClN5O/c1-14-11-18(20(23)19(22)21(14)28)24-15-3-5-16(6-4-15)26-8-7-17(12-26)27-10-9-25(2)13-27/h3-6,9-11,13,17H,7-8,12H2,1-2H3,(H-,23,28)/p+1/b24-18+. The average molecular weight is 397 g/mol. The highest BCUT2D eigenvalue weighted by Crippen LogP contribution is 2.29. The third-order valence-electron chi connectivity index (χ3n) is 5.26. The fraction of sp³-hybridized carbons (Fsp3) is 0.286. The quantitative estimate of drug-likeness (QED) is 0.640. The molecule has 2 aliphatic rings. The van der Waals surface area contributed by atoms with Crippen molar-refractivity contribution in [3.63, 3.8) is 0 Å². The molecule has 2 heterocycles. The van der Waals surface area contributed by atoms with Gasteiger partial charge in [0.05, 0.1) is 30.7 Å². The molecule has 1 aromatic carbocycles. The SMILES string of the molecule is CC1=C/C(=N\c2ccc(N3CCC(n4cc[n+](C)c4)C3)cc2)C(N)=C(Cl)C1=O. The molecule has 1 aliphatic carbocycles. The zero-order valence-corrected chi connectivity index (χ0v) is 16.7. The lowest BCUT2D eigenvalue weighted by Gasteiger charge is -2.18. The maximum Gasteiger partial charge on any atom is 0.243 e. The van der Waals surface area contributed by atoms with E-state index >= 15 is 0 Å². The van der Waals surface area contributed by atoms with Crippen molar-refractivity contribution in [2.75, 3.05) is 18.0 Å². The zero-order valence-electron chi connectivity index (χ0n) is 16.0. The van der Waals surface area contributed by atoms with Crippen LogP contribution in [0.4, 0.5) is 11.4 Å². The predicted octanol–water partition coefficient (Wildman–Crippen LogP) is 2.77. The number of Topliss-reactive ketones (excluding diaryl/α,β-unsaturated/α-hetero) is 1. The van der Waals surface area contributed by atoms with Crippen LogP contribution in [-0.4, -0.2) is 29.2 Å². The number of allylic oxidation sites excluding steroid dienone is 3. The number of nitrogens with zero attached hydrogens (tertiary/aromatic N) is 4. The summed E-state index contributed by atoms with van der Waals surface area (Å²) in [4.78, 5) is 18.8. The first-order valence-corrected chi connectivity index (χ1v) is 9.65. The lowest BCUT2D eigenvalue weighted by Crippen LogP contribution is -2.25. The van der Waals surface area contributed by atoms with Crippen molar-refractivity contribution >= 4 is 34.5 Å². The molecule has 0 radical (unpaired) electrons. The summed E-state index contributed by atoms with van der Waals surface area (Å²) in [6.07, 6.45) is 9.12. The fourth-order valence-electron chi connectivity index (χ4n) is 3.63. The van der Waals surface area contributed by atoms with Crippen LogP contribution in [0.1, 0.15) is 19.4 Å². The molecule has 6 nitrogen and oxygen atoms in total. The van der Waals surface area contributed by atoms with Crippen LogP contribution >= 0.6 is 11.6 Å². The van der Waals surface area contributed by atoms with Gasteiger partial charge in [-0.05, 0) is 37.3 Å². The molecule has 0 bridgehead atoms. The predicted molar refractivity (Wildman–Crippen MR) is 111 cm³/mol. The highest BCUT2D eigenvalue weighted by molar-refractivity contribution is 6.49. The molecule has 7 heteroatoms. The van der Waals surface area contributed by atoms with Gasteiger partial charge < -0.3 is 10.6 Å². The van der Waals surface area contributed by atoms with E-state index < -0.39 is 0 Å². The Morgan fingerprint density at radius 1 is 1.29 bits per heavy atom. The Bertz CT molecular complexity index is 1020. The van der Waals surface area contributed by atoms with Crippen molar-refractivity contribution < 1.29 is 9.36 Å². The van der Waals surface area contributed by atoms with Gasteiger partial charge >= 0.3 is 0 Å². The van der Waals surface area contributed by atoms with Gasteiger partial charge in [0.1, 0.15) is 23.5 Å². The molecule has 0 amide bonds. The summed E-state index contributed by atoms with van der Waals surface area (Å²) < 4.78 is 4.34. The second-order valence-electron chi connectivity index (χ2n) is 7.31. The van der Waals surface area contributed by atoms with Crippen LogP contribution in [0.2, 0.25) is 0 Å². The second kappa shape index (κ2) is 7.28. The summed E-state index contributed by atoms with van der Waals surface area (Å²) in [5, 5.41) is 0.0388. The molecule has 2 N–H and O–H groups in total. The Morgan fingerprint density at radius 3 is 2.71 bits per heavy atom. The van der Waals surface area contributed by atoms with Crippen molar-refractivity contribution in [2.45, 2.75) is 19.4 Å². The van der Waals surface area contributed by atoms with Crippen LogP contribution in [-0.2, 0) is 11.8 Å². The molecule has 2 aromatic rings. The maximum absolute atomic E-state index is 11.9. The van der Waals surface area contributed by atoms with Crippen LogP contribution in [0.15, 0.2) is 70.4 Å². The number of aromatic nitrogens is 2. The number of nitrogens with two attached hydrogens (primary N) is 1. The van der Waals surface area contributed by atoms with E-state index in [1.165, 1.54) is 5.69 Å². The fourth-order valence-corrected chi connectivity index (χ4v) is 3.88. The summed E-state index contributed by atoms with van der Waals surface area (Å²) in [5.74, 6) is -0.242. The van der Waals surface area contributed by atoms with Crippen molar-refractivity contribution in [3.05, 3.63) is 65.4 Å². The highest BCUT2D eigenvalue weighted by Gasteiger charge is 2.27. The third kappa shape index (κ3) is 3.47. The smallest absolute Gasteiger partial charge is 0.243 e. The van der Waals surface area contributed by atoms with Gasteiger partial charge in [-0.1, -0.05) is 11.6 Å². The number of halogens is 1. The largest absolute Gasteiger partial charge is 0.396 e. The molecular weight excluding hydrogens is 374 g/mol. The van der Waals surface area contributed by atoms with Gasteiger partial charge in [0.15, 0.2) is 0 Å². The van der Waals surface area contributed by atoms with Crippen molar-refractivity contribution in [2.24, 2.45) is 17.8 Å². The first-order valence-electron chi connectivity index (χ1n) is 9.27. The molecule has 1 aromatic heterocycles. The summed E-state index contributed by atoms with van der Waals surface area (Å²) in [6.45, 7) is 3.72. The van der Waals surface area contributed by atoms with Gasteiger partial charge in [0.2, 0.25) is 12.1 Å². The van der Waals surface area contributed by atoms with E-state index in [9.17, 15) is 4.79 Å². The van der Waals surface area contributed by atoms with Crippen LogP contribution in [0.3, 0.4) is 0 Å². The van der Waals surface area contributed by atoms with Crippen LogP contribution in [0, 0.1) is 0 Å². The van der Waals surface area contributed by atoms with Crippen LogP contribution in [0.5, 0.6) is 0 Å². The van der Waals surface area contributed by atoms with Gasteiger partial charge in [0, 0.05) is 24.2 Å². The van der Waals surface area contributed by atoms with E-state index in [0.717, 1.165) is 25.2 Å². The number of imidazole rings is 1. The van der Waals surface area contributed by atoms with E-state index in [-0.39, 0.29) is 16.5 Å². The van der Waals surface area contributed by atoms with Crippen molar-refractivity contribution in [1.29, 1.82) is 0 Å². The number of carbonyl (C=O) groups is 1. The number of rotatable bonds is 3. The normalized spacial score (nSPS) is 21.6. The molecule has 4 rings (SSSR count). The Labute approximate surface area is 169 Å². The summed E-state index contributed by atoms with van der Waals surface area (Å²) in [7, 11) is 2.04. The van der Waals surface area contributed by atoms with E-state index in [1.807, 2.05) is 19.2 Å². The van der Waals surface area contributed by atoms with Crippen LogP contribution in [0.25, 0.3) is 0 Å². The van der Waals surface area contributed by atoms with Gasteiger partial charge in [0.25, 0.3) is 0 Å². The first kappa shape index (κ1) is 18.5. The van der Waals surface area contributed by atoms with Crippen molar-refractivity contribution in [1.82, 2.24) is 4.57 Å². The third-order valence-corrected chi connectivity index (χ3v) is 5.64. The monoisotopic (exact) mass is 396 g/mol. The summed E-state index contributed by atoms with van der Waals surface area (Å²) in [5.41, 5.74) is 9.20. The minimum atomic E-state index is -0.242. The topological polar surface area (TPSA) is 67.5 Å². The maximum atomic E-state index is 11.9. The molecule has 0 saturated carbocycles. The van der Waals surface area contributed by atoms with E-state index in [4.69, 9.17) is 17.3 Å². The Kier molecular flexibility index (Phi) is 4.81. The highest BCUT2D eigenvalue weighted by atomic mass is 35.5. The number of benzene rings is 1. The average Bonchev–Trinajstić information content (AvgIpc) is 3.34. The van der Waals surface area contributed by atoms with Gasteiger partial charge in [-0.25, -0.2) is 14.1 Å². The number of anilines is 1.